The molecule has 0 aromatic heterocycles. The molecule has 1 aromatic carbocycles. The largest absolute Gasteiger partial charge is 0.494 e. The number of carboxylic acids is 1. The molecule has 1 aliphatic rings. The van der Waals surface area contributed by atoms with Gasteiger partial charge in [-0.25, -0.2) is 0 Å². The van der Waals surface area contributed by atoms with Gasteiger partial charge in [0, 0.05) is 19.1 Å². The Labute approximate surface area is 179 Å². The van der Waals surface area contributed by atoms with Gasteiger partial charge in [0.25, 0.3) is 0 Å². The Balaban J connectivity index is 0.00000420. The first kappa shape index (κ1) is 25.2. The van der Waals surface area contributed by atoms with Crippen LogP contribution in [0.25, 0.3) is 0 Å². The lowest BCUT2D eigenvalue weighted by atomic mass is 10.1. The van der Waals surface area contributed by atoms with E-state index in [2.05, 4.69) is 10.2 Å². The number of benzene rings is 1. The summed E-state index contributed by atoms with van der Waals surface area (Å²) in [6.45, 7) is 5.36. The highest BCUT2D eigenvalue weighted by molar-refractivity contribution is 5.85. The van der Waals surface area contributed by atoms with Crippen LogP contribution in [-0.2, 0) is 9.59 Å². The topological polar surface area (TPSA) is 82.1 Å². The van der Waals surface area contributed by atoms with Crippen molar-refractivity contribution in [2.75, 3.05) is 46.4 Å². The van der Waals surface area contributed by atoms with Crippen LogP contribution in [0.3, 0.4) is 0 Å². The molecule has 1 unspecified atom stereocenters. The summed E-state index contributed by atoms with van der Waals surface area (Å²) in [6.07, 6.45) is 3.60. The zero-order valence-electron chi connectivity index (χ0n) is 17.4. The van der Waals surface area contributed by atoms with E-state index in [1.54, 1.807) is 0 Å². The van der Waals surface area contributed by atoms with Crippen LogP contribution in [0.15, 0.2) is 24.3 Å². The van der Waals surface area contributed by atoms with Crippen LogP contribution >= 0.6 is 12.4 Å². The summed E-state index contributed by atoms with van der Waals surface area (Å²) in [5, 5.41) is 11.9. The first-order valence-corrected chi connectivity index (χ1v) is 10.0. The number of amides is 1. The molecular formula is C21H34ClN3O4. The van der Waals surface area contributed by atoms with Crippen molar-refractivity contribution in [1.82, 2.24) is 15.1 Å². The van der Waals surface area contributed by atoms with E-state index in [1.165, 1.54) is 5.56 Å². The third-order valence-electron chi connectivity index (χ3n) is 5.07. The van der Waals surface area contributed by atoms with Crippen LogP contribution < -0.4 is 10.1 Å². The van der Waals surface area contributed by atoms with Crippen molar-refractivity contribution in [3.8, 4) is 5.75 Å². The Kier molecular flexibility index (Phi) is 11.7. The number of ether oxygens (including phenoxy) is 1. The van der Waals surface area contributed by atoms with Gasteiger partial charge in [-0.3, -0.25) is 19.4 Å². The molecule has 1 amide bonds. The summed E-state index contributed by atoms with van der Waals surface area (Å²) in [4.78, 5) is 27.1. The van der Waals surface area contributed by atoms with Gasteiger partial charge in [-0.05, 0) is 63.9 Å². The number of nitrogens with zero attached hydrogens (tertiary/aromatic N) is 2. The van der Waals surface area contributed by atoms with Crippen molar-refractivity contribution < 1.29 is 19.4 Å². The second-order valence-corrected chi connectivity index (χ2v) is 7.54. The van der Waals surface area contributed by atoms with Crippen LogP contribution in [0.1, 0.15) is 31.2 Å². The number of likely N-dealkylation sites (N-methyl/N-ethyl adjacent to an activating group) is 1. The summed E-state index contributed by atoms with van der Waals surface area (Å²) in [6, 6.07) is 8.20. The standard InChI is InChI=1S/C21H33N3O4.ClH/c1-17-6-3-8-19(14-17)28-13-5-10-22-20(25)15-24-11-4-7-18(9-12-24)23(2)16-21(26)27;/h3,6,8,14,18H,4-5,7,9-13,15-16H2,1-2H3,(H,22,25)(H,26,27);1H. The fourth-order valence-electron chi connectivity index (χ4n) is 3.53. The number of carbonyl (C=O) groups excluding carboxylic acids is 1. The zero-order chi connectivity index (χ0) is 20.4. The minimum atomic E-state index is -0.797. The molecule has 1 fully saturated rings. The molecule has 0 aliphatic carbocycles. The number of carboxylic acid groups (broad SMARTS) is 1. The van der Waals surface area contributed by atoms with E-state index in [-0.39, 0.29) is 30.9 Å². The molecule has 8 heteroatoms. The molecule has 1 heterocycles. The fraction of sp³-hybridized carbons (Fsp3) is 0.619. The van der Waals surface area contributed by atoms with Gasteiger partial charge in [0.05, 0.1) is 19.7 Å². The predicted molar refractivity (Wildman–Crippen MR) is 116 cm³/mol. The highest BCUT2D eigenvalue weighted by Crippen LogP contribution is 2.15. The van der Waals surface area contributed by atoms with Gasteiger partial charge < -0.3 is 15.2 Å². The zero-order valence-corrected chi connectivity index (χ0v) is 18.2. The number of likely N-dealkylation sites (tertiary alicyclic amines) is 1. The van der Waals surface area contributed by atoms with E-state index in [0.717, 1.165) is 44.5 Å². The molecule has 0 radical (unpaired) electrons. The summed E-state index contributed by atoms with van der Waals surface area (Å²) in [7, 11) is 1.86. The molecule has 29 heavy (non-hydrogen) atoms. The van der Waals surface area contributed by atoms with Crippen LogP contribution in [0.4, 0.5) is 0 Å². The Bertz CT molecular complexity index is 644. The Hall–Kier alpha value is -1.83. The molecular weight excluding hydrogens is 394 g/mol. The van der Waals surface area contributed by atoms with Gasteiger partial charge in [-0.15, -0.1) is 12.4 Å². The van der Waals surface area contributed by atoms with Gasteiger partial charge in [-0.1, -0.05) is 12.1 Å². The van der Waals surface area contributed by atoms with Gasteiger partial charge in [-0.2, -0.15) is 0 Å². The molecule has 1 aromatic rings. The van der Waals surface area contributed by atoms with E-state index < -0.39 is 5.97 Å². The maximum Gasteiger partial charge on any atom is 0.317 e. The maximum atomic E-state index is 12.2. The van der Waals surface area contributed by atoms with E-state index in [0.29, 0.717) is 19.7 Å². The molecule has 0 bridgehead atoms. The van der Waals surface area contributed by atoms with E-state index >= 15 is 0 Å². The van der Waals surface area contributed by atoms with Crippen molar-refractivity contribution in [2.24, 2.45) is 0 Å². The van der Waals surface area contributed by atoms with Crippen LogP contribution in [0.2, 0.25) is 0 Å². The molecule has 164 valence electrons. The van der Waals surface area contributed by atoms with Crippen LogP contribution in [0, 0.1) is 6.92 Å². The second kappa shape index (κ2) is 13.4. The monoisotopic (exact) mass is 427 g/mol. The van der Waals surface area contributed by atoms with Crippen molar-refractivity contribution in [3.05, 3.63) is 29.8 Å². The number of carbonyl (C=O) groups is 2. The van der Waals surface area contributed by atoms with Crippen molar-refractivity contribution in [1.29, 1.82) is 0 Å². The highest BCUT2D eigenvalue weighted by atomic mass is 35.5. The number of nitrogens with one attached hydrogen (secondary N) is 1. The van der Waals surface area contributed by atoms with E-state index in [1.807, 2.05) is 43.1 Å². The summed E-state index contributed by atoms with van der Waals surface area (Å²) < 4.78 is 5.69. The predicted octanol–water partition coefficient (Wildman–Crippen LogP) is 2.17. The smallest absolute Gasteiger partial charge is 0.317 e. The molecule has 1 aliphatic heterocycles. The van der Waals surface area contributed by atoms with Crippen LogP contribution in [-0.4, -0.2) is 79.2 Å². The first-order chi connectivity index (χ1) is 13.4. The summed E-state index contributed by atoms with van der Waals surface area (Å²) in [5.41, 5.74) is 1.17. The molecule has 0 saturated carbocycles. The summed E-state index contributed by atoms with van der Waals surface area (Å²) in [5.74, 6) is 0.0977. The Morgan fingerprint density at radius 1 is 1.31 bits per heavy atom. The highest BCUT2D eigenvalue weighted by Gasteiger charge is 2.22. The lowest BCUT2D eigenvalue weighted by Gasteiger charge is -2.25. The molecule has 7 nitrogen and oxygen atoms in total. The van der Waals surface area contributed by atoms with Gasteiger partial charge in [0.2, 0.25) is 5.91 Å². The minimum absolute atomic E-state index is 0. The lowest BCUT2D eigenvalue weighted by Crippen LogP contribution is -2.39. The van der Waals surface area contributed by atoms with Crippen molar-refractivity contribution in [2.45, 2.75) is 38.6 Å². The number of aliphatic carboxylic acids is 1. The quantitative estimate of drug-likeness (QED) is 0.557. The third-order valence-corrected chi connectivity index (χ3v) is 5.07. The number of rotatable bonds is 10. The minimum Gasteiger partial charge on any atom is -0.494 e. The van der Waals surface area contributed by atoms with Crippen LogP contribution in [0.5, 0.6) is 5.75 Å². The Morgan fingerprint density at radius 2 is 2.10 bits per heavy atom. The molecule has 1 saturated heterocycles. The van der Waals surface area contributed by atoms with Gasteiger partial charge in [0.1, 0.15) is 5.75 Å². The van der Waals surface area contributed by atoms with Gasteiger partial charge >= 0.3 is 5.97 Å². The molecule has 2 N–H and O–H groups in total. The summed E-state index contributed by atoms with van der Waals surface area (Å²) >= 11 is 0. The van der Waals surface area contributed by atoms with E-state index in [4.69, 9.17) is 9.84 Å². The average molecular weight is 428 g/mol. The molecule has 2 rings (SSSR count). The number of hydrogen-bond donors (Lipinski definition) is 2. The maximum absolute atomic E-state index is 12.2. The van der Waals surface area contributed by atoms with E-state index in [9.17, 15) is 9.59 Å². The lowest BCUT2D eigenvalue weighted by molar-refractivity contribution is -0.138. The van der Waals surface area contributed by atoms with Gasteiger partial charge in [0.15, 0.2) is 0 Å². The average Bonchev–Trinajstić information content (AvgIpc) is 2.86. The fourth-order valence-corrected chi connectivity index (χ4v) is 3.53. The normalized spacial score (nSPS) is 17.3. The number of halogens is 1. The van der Waals surface area contributed by atoms with Crippen molar-refractivity contribution in [3.63, 3.8) is 0 Å². The first-order valence-electron chi connectivity index (χ1n) is 10.0. The molecule has 1 atom stereocenters. The number of aryl methyl sites for hydroxylation is 1. The molecule has 0 spiro atoms. The van der Waals surface area contributed by atoms with Crippen molar-refractivity contribution >= 4 is 24.3 Å². The Morgan fingerprint density at radius 3 is 2.83 bits per heavy atom. The second-order valence-electron chi connectivity index (χ2n) is 7.54. The third kappa shape index (κ3) is 9.96. The SMILES string of the molecule is Cc1cccc(OCCCNC(=O)CN2CCCC(N(C)CC(=O)O)CC2)c1.Cl. The number of hydrogen-bond acceptors (Lipinski definition) is 5.